The molecule has 0 amide bonds. The first-order valence-electron chi connectivity index (χ1n) is 3.93. The second-order valence-corrected chi connectivity index (χ2v) is 2.73. The van der Waals surface area contributed by atoms with E-state index in [1.807, 2.05) is 0 Å². The van der Waals surface area contributed by atoms with Crippen LogP contribution in [0.25, 0.3) is 0 Å². The Morgan fingerprint density at radius 2 is 2.23 bits per heavy atom. The van der Waals surface area contributed by atoms with E-state index in [4.69, 9.17) is 9.84 Å². The largest absolute Gasteiger partial charge is 0.508 e. The molecule has 0 unspecified atom stereocenters. The van der Waals surface area contributed by atoms with Gasteiger partial charge in [0.05, 0.1) is 6.54 Å². The first kappa shape index (κ1) is 8.04. The lowest BCUT2D eigenvalue weighted by atomic mass is 10.2. The molecule has 3 nitrogen and oxygen atoms in total. The Labute approximate surface area is 74.5 Å². The summed E-state index contributed by atoms with van der Waals surface area (Å²) in [7, 11) is 0. The number of aliphatic imine (C=N–C) groups is 1. The van der Waals surface area contributed by atoms with Crippen molar-refractivity contribution >= 4 is 5.90 Å². The smallest absolute Gasteiger partial charge is 0.216 e. The summed E-state index contributed by atoms with van der Waals surface area (Å²) in [6.07, 6.45) is 0. The van der Waals surface area contributed by atoms with Gasteiger partial charge in [-0.05, 0) is 12.1 Å². The molecule has 0 fully saturated rings. The minimum atomic E-state index is -0.492. The number of hydrogen-bond acceptors (Lipinski definition) is 3. The molecule has 1 N–H and O–H groups in total. The number of phenols is 1. The van der Waals surface area contributed by atoms with Crippen LogP contribution in [0.1, 0.15) is 5.56 Å². The number of aromatic hydroxyl groups is 1. The van der Waals surface area contributed by atoms with Crippen molar-refractivity contribution in [3.05, 3.63) is 29.6 Å². The van der Waals surface area contributed by atoms with E-state index >= 15 is 0 Å². The molecule has 0 atom stereocenters. The summed E-state index contributed by atoms with van der Waals surface area (Å²) < 4.78 is 17.9. The monoisotopic (exact) mass is 181 g/mol. The highest BCUT2D eigenvalue weighted by molar-refractivity contribution is 5.95. The Kier molecular flexibility index (Phi) is 1.88. The van der Waals surface area contributed by atoms with Crippen molar-refractivity contribution in [2.45, 2.75) is 0 Å². The Morgan fingerprint density at radius 3 is 2.85 bits per heavy atom. The van der Waals surface area contributed by atoms with Gasteiger partial charge in [0.2, 0.25) is 5.90 Å². The van der Waals surface area contributed by atoms with Crippen LogP contribution in [-0.2, 0) is 4.74 Å². The van der Waals surface area contributed by atoms with Crippen LogP contribution in [0.3, 0.4) is 0 Å². The third-order valence-corrected chi connectivity index (χ3v) is 1.71. The van der Waals surface area contributed by atoms with Gasteiger partial charge in [-0.1, -0.05) is 0 Å². The standard InChI is InChI=1S/C9H8FNO2/c10-7-3-6(4-8(12)5-7)9-11-1-2-13-9/h3-5,12H,1-2H2. The van der Waals surface area contributed by atoms with Crippen molar-refractivity contribution in [1.29, 1.82) is 0 Å². The minimum absolute atomic E-state index is 0.117. The number of phenolic OH excluding ortho intramolecular Hbond substituents is 1. The van der Waals surface area contributed by atoms with E-state index in [1.54, 1.807) is 0 Å². The summed E-state index contributed by atoms with van der Waals surface area (Å²) in [4.78, 5) is 4.00. The molecule has 2 rings (SSSR count). The Morgan fingerprint density at radius 1 is 1.38 bits per heavy atom. The number of halogens is 1. The molecule has 13 heavy (non-hydrogen) atoms. The lowest BCUT2D eigenvalue weighted by Crippen LogP contribution is -2.01. The van der Waals surface area contributed by atoms with Crippen molar-refractivity contribution in [1.82, 2.24) is 0 Å². The first-order valence-corrected chi connectivity index (χ1v) is 3.93. The van der Waals surface area contributed by atoms with Gasteiger partial charge in [-0.15, -0.1) is 0 Å². The molecule has 1 aliphatic heterocycles. The fourth-order valence-electron chi connectivity index (χ4n) is 1.21. The van der Waals surface area contributed by atoms with E-state index in [9.17, 15) is 4.39 Å². The molecule has 4 heteroatoms. The zero-order valence-corrected chi connectivity index (χ0v) is 6.83. The van der Waals surface area contributed by atoms with Crippen LogP contribution in [0.5, 0.6) is 5.75 Å². The molecule has 1 aromatic carbocycles. The van der Waals surface area contributed by atoms with Crippen molar-refractivity contribution in [2.24, 2.45) is 4.99 Å². The minimum Gasteiger partial charge on any atom is -0.508 e. The van der Waals surface area contributed by atoms with E-state index in [1.165, 1.54) is 12.1 Å². The average molecular weight is 181 g/mol. The van der Waals surface area contributed by atoms with Gasteiger partial charge in [-0.3, -0.25) is 0 Å². The SMILES string of the molecule is Oc1cc(F)cc(C2=NCCO2)c1. The highest BCUT2D eigenvalue weighted by Crippen LogP contribution is 2.17. The van der Waals surface area contributed by atoms with Gasteiger partial charge in [0, 0.05) is 11.6 Å². The quantitative estimate of drug-likeness (QED) is 0.709. The molecule has 0 bridgehead atoms. The van der Waals surface area contributed by atoms with Gasteiger partial charge in [0.25, 0.3) is 0 Å². The van der Waals surface area contributed by atoms with E-state index in [2.05, 4.69) is 4.99 Å². The fourth-order valence-corrected chi connectivity index (χ4v) is 1.21. The predicted molar refractivity (Wildman–Crippen MR) is 45.4 cm³/mol. The molecule has 1 aromatic rings. The number of hydrogen-bond donors (Lipinski definition) is 1. The number of ether oxygens (including phenoxy) is 1. The highest BCUT2D eigenvalue weighted by Gasteiger charge is 2.11. The van der Waals surface area contributed by atoms with E-state index < -0.39 is 5.82 Å². The molecular formula is C9H8FNO2. The highest BCUT2D eigenvalue weighted by atomic mass is 19.1. The predicted octanol–water partition coefficient (Wildman–Crippen LogP) is 1.31. The number of benzene rings is 1. The molecule has 68 valence electrons. The third kappa shape index (κ3) is 1.61. The van der Waals surface area contributed by atoms with Crippen LogP contribution in [0, 0.1) is 5.82 Å². The van der Waals surface area contributed by atoms with Gasteiger partial charge in [0.15, 0.2) is 0 Å². The molecule has 0 aromatic heterocycles. The molecule has 0 radical (unpaired) electrons. The van der Waals surface area contributed by atoms with Crippen LogP contribution in [-0.4, -0.2) is 24.2 Å². The average Bonchev–Trinajstić information content (AvgIpc) is 2.53. The number of nitrogens with zero attached hydrogens (tertiary/aromatic N) is 1. The molecule has 1 heterocycles. The van der Waals surface area contributed by atoms with Crippen molar-refractivity contribution in [3.63, 3.8) is 0 Å². The Bertz CT molecular complexity index is 342. The van der Waals surface area contributed by atoms with Gasteiger partial charge < -0.3 is 9.84 Å². The molecule has 1 aliphatic rings. The molecule has 0 saturated carbocycles. The fraction of sp³-hybridized carbons (Fsp3) is 0.222. The van der Waals surface area contributed by atoms with Gasteiger partial charge >= 0.3 is 0 Å². The van der Waals surface area contributed by atoms with Crippen LogP contribution in [0.4, 0.5) is 4.39 Å². The molecule has 0 spiro atoms. The summed E-state index contributed by atoms with van der Waals surface area (Å²) >= 11 is 0. The summed E-state index contributed by atoms with van der Waals surface area (Å²) in [5, 5.41) is 9.10. The van der Waals surface area contributed by atoms with Crippen molar-refractivity contribution in [2.75, 3.05) is 13.2 Å². The second-order valence-electron chi connectivity index (χ2n) is 2.73. The van der Waals surface area contributed by atoms with Crippen molar-refractivity contribution in [3.8, 4) is 5.75 Å². The van der Waals surface area contributed by atoms with Crippen LogP contribution in [0.2, 0.25) is 0 Å². The van der Waals surface area contributed by atoms with Gasteiger partial charge in [-0.25, -0.2) is 9.38 Å². The molecular weight excluding hydrogens is 173 g/mol. The zero-order valence-electron chi connectivity index (χ0n) is 6.83. The topological polar surface area (TPSA) is 41.8 Å². The van der Waals surface area contributed by atoms with Crippen LogP contribution < -0.4 is 0 Å². The van der Waals surface area contributed by atoms with Gasteiger partial charge in [-0.2, -0.15) is 0 Å². The number of rotatable bonds is 1. The summed E-state index contributed by atoms with van der Waals surface area (Å²) in [5.74, 6) is -0.212. The maximum atomic E-state index is 12.8. The van der Waals surface area contributed by atoms with E-state index in [0.29, 0.717) is 24.6 Å². The maximum absolute atomic E-state index is 12.8. The van der Waals surface area contributed by atoms with Crippen LogP contribution in [0.15, 0.2) is 23.2 Å². The summed E-state index contributed by atoms with van der Waals surface area (Å²) in [5.41, 5.74) is 0.481. The van der Waals surface area contributed by atoms with E-state index in [-0.39, 0.29) is 5.75 Å². The van der Waals surface area contributed by atoms with Crippen LogP contribution >= 0.6 is 0 Å². The second kappa shape index (κ2) is 3.05. The molecule has 0 saturated heterocycles. The third-order valence-electron chi connectivity index (χ3n) is 1.71. The van der Waals surface area contributed by atoms with E-state index in [0.717, 1.165) is 6.07 Å². The Hall–Kier alpha value is -1.58. The lowest BCUT2D eigenvalue weighted by Gasteiger charge is -2.02. The maximum Gasteiger partial charge on any atom is 0.216 e. The lowest BCUT2D eigenvalue weighted by molar-refractivity contribution is 0.348. The van der Waals surface area contributed by atoms with Gasteiger partial charge in [0.1, 0.15) is 18.2 Å². The summed E-state index contributed by atoms with van der Waals surface area (Å²) in [6, 6.07) is 3.75. The van der Waals surface area contributed by atoms with Crippen molar-refractivity contribution < 1.29 is 14.2 Å². The summed E-state index contributed by atoms with van der Waals surface area (Å²) in [6.45, 7) is 1.11. The normalized spacial score (nSPS) is 15.3. The first-order chi connectivity index (χ1) is 6.25. The molecule has 0 aliphatic carbocycles. The zero-order chi connectivity index (χ0) is 9.26. The Balaban J connectivity index is 2.39.